The van der Waals surface area contributed by atoms with Gasteiger partial charge in [-0.15, -0.1) is 0 Å². The zero-order valence-electron chi connectivity index (χ0n) is 11.3. The molecule has 0 unspecified atom stereocenters. The number of anilines is 1. The molecule has 1 aromatic carbocycles. The van der Waals surface area contributed by atoms with E-state index in [2.05, 4.69) is 19.2 Å². The molecular weight excluding hydrogens is 247 g/mol. The van der Waals surface area contributed by atoms with E-state index in [9.17, 15) is 14.5 Å². The summed E-state index contributed by atoms with van der Waals surface area (Å²) in [5.74, 6) is -0.581. The fourth-order valence-electron chi connectivity index (χ4n) is 2.54. The van der Waals surface area contributed by atoms with Crippen LogP contribution in [-0.4, -0.2) is 11.0 Å². The van der Waals surface area contributed by atoms with Crippen molar-refractivity contribution in [3.05, 3.63) is 34.1 Å². The lowest BCUT2D eigenvalue weighted by Gasteiger charge is -2.34. The van der Waals surface area contributed by atoms with E-state index in [0.29, 0.717) is 11.1 Å². The Bertz CT molecular complexity index is 478. The summed E-state index contributed by atoms with van der Waals surface area (Å²) in [7, 11) is 0. The minimum Gasteiger partial charge on any atom is -0.377 e. The number of rotatable bonds is 3. The van der Waals surface area contributed by atoms with E-state index in [-0.39, 0.29) is 11.7 Å². The van der Waals surface area contributed by atoms with Crippen molar-refractivity contribution >= 4 is 11.4 Å². The van der Waals surface area contributed by atoms with Gasteiger partial charge in [0.05, 0.1) is 11.0 Å². The molecule has 1 fully saturated rings. The molecule has 1 aliphatic rings. The van der Waals surface area contributed by atoms with Crippen molar-refractivity contribution in [2.45, 2.75) is 45.6 Å². The topological polar surface area (TPSA) is 55.2 Å². The Morgan fingerprint density at radius 2 is 2.00 bits per heavy atom. The van der Waals surface area contributed by atoms with Gasteiger partial charge in [-0.3, -0.25) is 10.1 Å². The van der Waals surface area contributed by atoms with Crippen LogP contribution in [0.5, 0.6) is 0 Å². The molecule has 104 valence electrons. The molecule has 0 spiro atoms. The highest BCUT2D eigenvalue weighted by Gasteiger charge is 2.28. The Hall–Kier alpha value is -1.65. The summed E-state index contributed by atoms with van der Waals surface area (Å²) in [6.45, 7) is 4.48. The lowest BCUT2D eigenvalue weighted by Crippen LogP contribution is -2.30. The fourth-order valence-corrected chi connectivity index (χ4v) is 2.54. The minimum absolute atomic E-state index is 0.190. The Balaban J connectivity index is 2.10. The molecular formula is C14H19FN2O2. The third-order valence-corrected chi connectivity index (χ3v) is 3.86. The van der Waals surface area contributed by atoms with Crippen LogP contribution < -0.4 is 5.32 Å². The summed E-state index contributed by atoms with van der Waals surface area (Å²) in [4.78, 5) is 10.4. The largest absolute Gasteiger partial charge is 0.377 e. The van der Waals surface area contributed by atoms with Crippen molar-refractivity contribution in [2.75, 3.05) is 5.32 Å². The highest BCUT2D eigenvalue weighted by atomic mass is 19.1. The van der Waals surface area contributed by atoms with E-state index >= 15 is 0 Å². The second-order valence-corrected chi connectivity index (χ2v) is 6.00. The number of nitro benzene ring substituents is 1. The van der Waals surface area contributed by atoms with Gasteiger partial charge in [0.25, 0.3) is 5.69 Å². The predicted octanol–water partition coefficient (Wildman–Crippen LogP) is 4.11. The van der Waals surface area contributed by atoms with Crippen molar-refractivity contribution in [1.82, 2.24) is 0 Å². The van der Waals surface area contributed by atoms with Gasteiger partial charge in [0.2, 0.25) is 0 Å². The summed E-state index contributed by atoms with van der Waals surface area (Å²) in [6.07, 6.45) is 4.17. The first-order chi connectivity index (χ1) is 8.87. The molecule has 1 saturated carbocycles. The van der Waals surface area contributed by atoms with Gasteiger partial charge < -0.3 is 5.32 Å². The second-order valence-electron chi connectivity index (χ2n) is 6.00. The molecule has 0 atom stereocenters. The van der Waals surface area contributed by atoms with Crippen molar-refractivity contribution in [3.8, 4) is 0 Å². The molecule has 19 heavy (non-hydrogen) atoms. The van der Waals surface area contributed by atoms with Crippen LogP contribution in [0.4, 0.5) is 15.8 Å². The highest BCUT2D eigenvalue weighted by Crippen LogP contribution is 2.37. The molecule has 5 heteroatoms. The lowest BCUT2D eigenvalue weighted by molar-refractivity contribution is -0.384. The van der Waals surface area contributed by atoms with Crippen molar-refractivity contribution in [1.29, 1.82) is 0 Å². The lowest BCUT2D eigenvalue weighted by atomic mass is 9.75. The molecule has 1 N–H and O–H groups in total. The summed E-state index contributed by atoms with van der Waals surface area (Å²) >= 11 is 0. The molecule has 2 rings (SSSR count). The molecule has 1 aromatic rings. The Kier molecular flexibility index (Phi) is 3.73. The maximum atomic E-state index is 13.1. The summed E-state index contributed by atoms with van der Waals surface area (Å²) < 4.78 is 13.1. The third-order valence-electron chi connectivity index (χ3n) is 3.86. The minimum atomic E-state index is -0.581. The van der Waals surface area contributed by atoms with Crippen molar-refractivity contribution in [2.24, 2.45) is 5.41 Å². The molecule has 0 amide bonds. The monoisotopic (exact) mass is 266 g/mol. The Labute approximate surface area is 112 Å². The molecule has 0 aliphatic heterocycles. The summed E-state index contributed by atoms with van der Waals surface area (Å²) in [5.41, 5.74) is 0.577. The predicted molar refractivity (Wildman–Crippen MR) is 72.7 cm³/mol. The maximum absolute atomic E-state index is 13.1. The fraction of sp³-hybridized carbons (Fsp3) is 0.571. The Morgan fingerprint density at radius 1 is 1.37 bits per heavy atom. The van der Waals surface area contributed by atoms with Gasteiger partial charge in [-0.05, 0) is 43.2 Å². The number of nitrogens with zero attached hydrogens (tertiary/aromatic N) is 1. The first kappa shape index (κ1) is 13.8. The van der Waals surface area contributed by atoms with E-state index in [1.165, 1.54) is 12.1 Å². The van der Waals surface area contributed by atoms with Crippen LogP contribution in [0.3, 0.4) is 0 Å². The normalized spacial score (nSPS) is 19.1. The van der Waals surface area contributed by atoms with Crippen LogP contribution in [0, 0.1) is 21.3 Å². The van der Waals surface area contributed by atoms with Crippen LogP contribution in [0.25, 0.3) is 0 Å². The first-order valence-corrected chi connectivity index (χ1v) is 6.58. The number of nitro groups is 1. The zero-order valence-corrected chi connectivity index (χ0v) is 11.3. The van der Waals surface area contributed by atoms with Crippen LogP contribution in [0.15, 0.2) is 18.2 Å². The van der Waals surface area contributed by atoms with Gasteiger partial charge in [-0.25, -0.2) is 4.39 Å². The van der Waals surface area contributed by atoms with Gasteiger partial charge in [-0.2, -0.15) is 0 Å². The number of hydrogen-bond acceptors (Lipinski definition) is 3. The van der Waals surface area contributed by atoms with Gasteiger partial charge in [0.15, 0.2) is 0 Å². The SMILES string of the molecule is CC1(C)CCC(Nc2ccc(F)cc2[N+](=O)[O-])CC1. The second kappa shape index (κ2) is 5.15. The van der Waals surface area contributed by atoms with Crippen LogP contribution >= 0.6 is 0 Å². The summed E-state index contributed by atoms with van der Waals surface area (Å²) in [5, 5.41) is 14.1. The maximum Gasteiger partial charge on any atom is 0.295 e. The summed E-state index contributed by atoms with van der Waals surface area (Å²) in [6, 6.07) is 3.90. The first-order valence-electron chi connectivity index (χ1n) is 6.58. The van der Waals surface area contributed by atoms with Crippen LogP contribution in [-0.2, 0) is 0 Å². The number of hydrogen-bond donors (Lipinski definition) is 1. The van der Waals surface area contributed by atoms with Gasteiger partial charge >= 0.3 is 0 Å². The van der Waals surface area contributed by atoms with E-state index in [1.807, 2.05) is 0 Å². The Morgan fingerprint density at radius 3 is 2.58 bits per heavy atom. The molecule has 0 saturated heterocycles. The smallest absolute Gasteiger partial charge is 0.295 e. The van der Waals surface area contributed by atoms with E-state index in [4.69, 9.17) is 0 Å². The number of benzene rings is 1. The average Bonchev–Trinajstić information content (AvgIpc) is 2.33. The van der Waals surface area contributed by atoms with E-state index in [0.717, 1.165) is 31.7 Å². The molecule has 0 bridgehead atoms. The third kappa shape index (κ3) is 3.43. The number of nitrogens with one attached hydrogen (secondary N) is 1. The van der Waals surface area contributed by atoms with Crippen LogP contribution in [0.1, 0.15) is 39.5 Å². The van der Waals surface area contributed by atoms with Crippen molar-refractivity contribution < 1.29 is 9.31 Å². The van der Waals surface area contributed by atoms with Crippen molar-refractivity contribution in [3.63, 3.8) is 0 Å². The van der Waals surface area contributed by atoms with E-state index in [1.54, 1.807) is 0 Å². The molecule has 1 aliphatic carbocycles. The van der Waals surface area contributed by atoms with E-state index < -0.39 is 10.7 Å². The quantitative estimate of drug-likeness (QED) is 0.661. The standard InChI is InChI=1S/C14H19FN2O2/c1-14(2)7-5-11(6-8-14)16-12-4-3-10(15)9-13(12)17(18)19/h3-4,9,11,16H,5-8H2,1-2H3. The average molecular weight is 266 g/mol. The van der Waals surface area contributed by atoms with Gasteiger partial charge in [-0.1, -0.05) is 13.8 Å². The number of halogens is 1. The molecule has 0 heterocycles. The molecule has 0 aromatic heterocycles. The van der Waals surface area contributed by atoms with Gasteiger partial charge in [0, 0.05) is 6.04 Å². The zero-order chi connectivity index (χ0) is 14.0. The highest BCUT2D eigenvalue weighted by molar-refractivity contribution is 5.61. The van der Waals surface area contributed by atoms with Gasteiger partial charge in [0.1, 0.15) is 11.5 Å². The molecule has 0 radical (unpaired) electrons. The molecule has 4 nitrogen and oxygen atoms in total. The van der Waals surface area contributed by atoms with Crippen LogP contribution in [0.2, 0.25) is 0 Å².